The van der Waals surface area contributed by atoms with Gasteiger partial charge in [0.05, 0.1) is 6.10 Å². The first-order valence-electron chi connectivity index (χ1n) is 6.78. The van der Waals surface area contributed by atoms with Gasteiger partial charge >= 0.3 is 6.03 Å². The van der Waals surface area contributed by atoms with E-state index in [9.17, 15) is 9.90 Å². The van der Waals surface area contributed by atoms with Crippen molar-refractivity contribution < 1.29 is 9.90 Å². The van der Waals surface area contributed by atoms with Crippen LogP contribution in [-0.4, -0.2) is 40.2 Å². The number of hydrogen-bond acceptors (Lipinski definition) is 4. The van der Waals surface area contributed by atoms with Gasteiger partial charge in [-0.3, -0.25) is 5.32 Å². The van der Waals surface area contributed by atoms with E-state index in [0.717, 1.165) is 30.7 Å². The molecule has 1 saturated heterocycles. The standard InChI is InChI=1S/C13H21N3O2S/c1-3-11-7-14-12(19-11)15-13(18)16-6-4-5-10(8-16)9(2)17/h7,9-10,17H,3-6,8H2,1-2H3,(H,14,15,18). The molecule has 1 aliphatic rings. The van der Waals surface area contributed by atoms with Crippen molar-refractivity contribution in [2.75, 3.05) is 18.4 Å². The molecule has 106 valence electrons. The number of hydrogen-bond donors (Lipinski definition) is 2. The maximum Gasteiger partial charge on any atom is 0.323 e. The highest BCUT2D eigenvalue weighted by Gasteiger charge is 2.26. The second-order valence-electron chi connectivity index (χ2n) is 5.00. The molecule has 0 spiro atoms. The van der Waals surface area contributed by atoms with Gasteiger partial charge < -0.3 is 10.0 Å². The first kappa shape index (κ1) is 14.3. The number of aliphatic hydroxyl groups excluding tert-OH is 1. The molecule has 0 aliphatic carbocycles. The SMILES string of the molecule is CCc1cnc(NC(=O)N2CCCC(C(C)O)C2)s1. The zero-order valence-corrected chi connectivity index (χ0v) is 12.2. The van der Waals surface area contributed by atoms with E-state index in [-0.39, 0.29) is 18.1 Å². The van der Waals surface area contributed by atoms with Crippen molar-refractivity contribution in [1.82, 2.24) is 9.88 Å². The molecule has 1 aliphatic heterocycles. The summed E-state index contributed by atoms with van der Waals surface area (Å²) in [4.78, 5) is 19.3. The Labute approximate surface area is 117 Å². The van der Waals surface area contributed by atoms with Crippen molar-refractivity contribution in [2.24, 2.45) is 5.92 Å². The fraction of sp³-hybridized carbons (Fsp3) is 0.692. The monoisotopic (exact) mass is 283 g/mol. The maximum absolute atomic E-state index is 12.1. The number of likely N-dealkylation sites (tertiary alicyclic amines) is 1. The Morgan fingerprint density at radius 3 is 3.16 bits per heavy atom. The second-order valence-corrected chi connectivity index (χ2v) is 6.12. The summed E-state index contributed by atoms with van der Waals surface area (Å²) in [6, 6.07) is -0.109. The Kier molecular flexibility index (Phi) is 4.76. The van der Waals surface area contributed by atoms with Gasteiger partial charge in [-0.05, 0) is 26.2 Å². The summed E-state index contributed by atoms with van der Waals surface area (Å²) >= 11 is 1.51. The smallest absolute Gasteiger partial charge is 0.323 e. The van der Waals surface area contributed by atoms with Gasteiger partial charge in [-0.1, -0.05) is 6.92 Å². The van der Waals surface area contributed by atoms with Crippen molar-refractivity contribution in [3.63, 3.8) is 0 Å². The van der Waals surface area contributed by atoms with Crippen molar-refractivity contribution in [1.29, 1.82) is 0 Å². The Balaban J connectivity index is 1.92. The number of carbonyl (C=O) groups excluding carboxylic acids is 1. The number of amides is 2. The number of rotatable bonds is 3. The summed E-state index contributed by atoms with van der Waals surface area (Å²) in [7, 11) is 0. The number of aryl methyl sites for hydroxylation is 1. The van der Waals surface area contributed by atoms with Crippen LogP contribution in [0.3, 0.4) is 0 Å². The van der Waals surface area contributed by atoms with Crippen LogP contribution < -0.4 is 5.32 Å². The molecule has 2 N–H and O–H groups in total. The van der Waals surface area contributed by atoms with Crippen LogP contribution in [0.5, 0.6) is 0 Å². The van der Waals surface area contributed by atoms with E-state index in [1.54, 1.807) is 18.0 Å². The molecule has 2 amide bonds. The second kappa shape index (κ2) is 6.34. The molecule has 2 rings (SSSR count). The van der Waals surface area contributed by atoms with Gasteiger partial charge in [0, 0.05) is 30.1 Å². The summed E-state index contributed by atoms with van der Waals surface area (Å²) in [6.45, 7) is 5.23. The highest BCUT2D eigenvalue weighted by molar-refractivity contribution is 7.15. The van der Waals surface area contributed by atoms with Gasteiger partial charge in [0.2, 0.25) is 0 Å². The molecule has 6 heteroatoms. The minimum atomic E-state index is -0.359. The average molecular weight is 283 g/mol. The van der Waals surface area contributed by atoms with Gasteiger partial charge in [-0.2, -0.15) is 0 Å². The molecule has 5 nitrogen and oxygen atoms in total. The minimum Gasteiger partial charge on any atom is -0.393 e. The zero-order chi connectivity index (χ0) is 13.8. The molecule has 19 heavy (non-hydrogen) atoms. The van der Waals surface area contributed by atoms with E-state index in [1.807, 2.05) is 0 Å². The quantitative estimate of drug-likeness (QED) is 0.894. The Morgan fingerprint density at radius 2 is 2.53 bits per heavy atom. The molecule has 2 heterocycles. The molecule has 0 aromatic carbocycles. The van der Waals surface area contributed by atoms with Gasteiger partial charge in [-0.15, -0.1) is 11.3 Å². The number of carbonyl (C=O) groups is 1. The Morgan fingerprint density at radius 1 is 1.74 bits per heavy atom. The third kappa shape index (κ3) is 3.67. The van der Waals surface area contributed by atoms with Gasteiger partial charge in [-0.25, -0.2) is 9.78 Å². The Hall–Kier alpha value is -1.14. The molecular weight excluding hydrogens is 262 g/mol. The predicted octanol–water partition coefficient (Wildman–Crippen LogP) is 2.33. The van der Waals surface area contributed by atoms with Gasteiger partial charge in [0.25, 0.3) is 0 Å². The fourth-order valence-corrected chi connectivity index (χ4v) is 3.03. The number of piperidine rings is 1. The van der Waals surface area contributed by atoms with Crippen molar-refractivity contribution in [2.45, 2.75) is 39.2 Å². The van der Waals surface area contributed by atoms with Crippen LogP contribution in [0, 0.1) is 5.92 Å². The van der Waals surface area contributed by atoms with E-state index in [0.29, 0.717) is 11.7 Å². The summed E-state index contributed by atoms with van der Waals surface area (Å²) in [5.41, 5.74) is 0. The summed E-state index contributed by atoms with van der Waals surface area (Å²) < 4.78 is 0. The maximum atomic E-state index is 12.1. The lowest BCUT2D eigenvalue weighted by molar-refractivity contribution is 0.0766. The van der Waals surface area contributed by atoms with E-state index in [1.165, 1.54) is 11.3 Å². The lowest BCUT2D eigenvalue weighted by Gasteiger charge is -2.33. The number of aromatic nitrogens is 1. The van der Waals surface area contributed by atoms with E-state index < -0.39 is 0 Å². The number of thiazole rings is 1. The van der Waals surface area contributed by atoms with Crippen LogP contribution in [-0.2, 0) is 6.42 Å². The molecule has 0 bridgehead atoms. The average Bonchev–Trinajstić information content (AvgIpc) is 2.86. The van der Waals surface area contributed by atoms with Crippen LogP contribution >= 0.6 is 11.3 Å². The van der Waals surface area contributed by atoms with Crippen molar-refractivity contribution in [3.05, 3.63) is 11.1 Å². The highest BCUT2D eigenvalue weighted by atomic mass is 32.1. The normalized spacial score (nSPS) is 21.2. The third-order valence-corrected chi connectivity index (χ3v) is 4.60. The third-order valence-electron chi connectivity index (χ3n) is 3.54. The topological polar surface area (TPSA) is 65.5 Å². The van der Waals surface area contributed by atoms with Crippen molar-refractivity contribution >= 4 is 22.5 Å². The van der Waals surface area contributed by atoms with Gasteiger partial charge in [0.1, 0.15) is 0 Å². The fourth-order valence-electron chi connectivity index (χ4n) is 2.29. The largest absolute Gasteiger partial charge is 0.393 e. The van der Waals surface area contributed by atoms with Gasteiger partial charge in [0.15, 0.2) is 5.13 Å². The lowest BCUT2D eigenvalue weighted by atomic mass is 9.94. The molecule has 0 saturated carbocycles. The highest BCUT2D eigenvalue weighted by Crippen LogP contribution is 2.22. The lowest BCUT2D eigenvalue weighted by Crippen LogP contribution is -2.44. The number of nitrogens with zero attached hydrogens (tertiary/aromatic N) is 2. The van der Waals surface area contributed by atoms with Crippen LogP contribution in [0.1, 0.15) is 31.6 Å². The molecular formula is C13H21N3O2S. The van der Waals surface area contributed by atoms with Crippen molar-refractivity contribution in [3.8, 4) is 0 Å². The molecule has 1 fully saturated rings. The van der Waals surface area contributed by atoms with E-state index in [2.05, 4.69) is 17.2 Å². The predicted molar refractivity (Wildman–Crippen MR) is 76.5 cm³/mol. The van der Waals surface area contributed by atoms with Crippen LogP contribution in [0.15, 0.2) is 6.20 Å². The van der Waals surface area contributed by atoms with Crippen LogP contribution in [0.2, 0.25) is 0 Å². The molecule has 2 unspecified atom stereocenters. The zero-order valence-electron chi connectivity index (χ0n) is 11.4. The molecule has 1 aromatic heterocycles. The van der Waals surface area contributed by atoms with Crippen LogP contribution in [0.4, 0.5) is 9.93 Å². The minimum absolute atomic E-state index is 0.109. The molecule has 2 atom stereocenters. The first-order valence-corrected chi connectivity index (χ1v) is 7.60. The number of anilines is 1. The summed E-state index contributed by atoms with van der Waals surface area (Å²) in [5, 5.41) is 13.1. The molecule has 0 radical (unpaired) electrons. The number of nitrogens with one attached hydrogen (secondary N) is 1. The van der Waals surface area contributed by atoms with E-state index >= 15 is 0 Å². The molecule has 1 aromatic rings. The van der Waals surface area contributed by atoms with E-state index in [4.69, 9.17) is 0 Å². The number of aliphatic hydroxyl groups is 1. The number of urea groups is 1. The Bertz CT molecular complexity index is 433. The summed E-state index contributed by atoms with van der Waals surface area (Å²) in [5.74, 6) is 0.182. The first-order chi connectivity index (χ1) is 9.10. The van der Waals surface area contributed by atoms with Crippen LogP contribution in [0.25, 0.3) is 0 Å². The summed E-state index contributed by atoms with van der Waals surface area (Å²) in [6.07, 6.45) is 4.30.